The Balaban J connectivity index is 1.72. The fourth-order valence-electron chi connectivity index (χ4n) is 3.99. The third-order valence-electron chi connectivity index (χ3n) is 6.29. The molecule has 152 valence electrons. The number of nitrogens with one attached hydrogen (secondary N) is 2. The van der Waals surface area contributed by atoms with Crippen LogP contribution in [-0.2, 0) is 6.54 Å². The third-order valence-corrected chi connectivity index (χ3v) is 6.29. The van der Waals surface area contributed by atoms with Gasteiger partial charge >= 0.3 is 0 Å². The molecule has 3 heterocycles. The SMILES string of the molecule is Cc1cccc(C)c1CNc1nc(C(=O)N2C[C@@H](O)[C@@H]2C)cc2c(C)c(C)[nH]c12. The highest BCUT2D eigenvalue weighted by Gasteiger charge is 2.38. The lowest BCUT2D eigenvalue weighted by molar-refractivity contribution is -0.0359. The molecule has 0 saturated carbocycles. The van der Waals surface area contributed by atoms with Crippen molar-refractivity contribution in [2.75, 3.05) is 11.9 Å². The van der Waals surface area contributed by atoms with Crippen molar-refractivity contribution in [2.24, 2.45) is 0 Å². The summed E-state index contributed by atoms with van der Waals surface area (Å²) >= 11 is 0. The number of anilines is 1. The van der Waals surface area contributed by atoms with E-state index in [1.165, 1.54) is 16.7 Å². The van der Waals surface area contributed by atoms with Crippen molar-refractivity contribution in [1.82, 2.24) is 14.9 Å². The first-order chi connectivity index (χ1) is 13.8. The number of nitrogens with zero attached hydrogens (tertiary/aromatic N) is 2. The van der Waals surface area contributed by atoms with Crippen LogP contribution in [0.25, 0.3) is 10.9 Å². The fraction of sp³-hybridized carbons (Fsp3) is 0.391. The normalized spacial score (nSPS) is 18.8. The smallest absolute Gasteiger partial charge is 0.272 e. The number of aliphatic hydroxyl groups is 1. The minimum Gasteiger partial charge on any atom is -0.389 e. The number of aromatic nitrogens is 2. The molecule has 0 spiro atoms. The summed E-state index contributed by atoms with van der Waals surface area (Å²) in [5.41, 5.74) is 7.18. The van der Waals surface area contributed by atoms with Crippen LogP contribution >= 0.6 is 0 Å². The molecule has 6 heteroatoms. The number of aromatic amines is 1. The molecule has 1 aromatic carbocycles. The lowest BCUT2D eigenvalue weighted by atomic mass is 10.0. The van der Waals surface area contributed by atoms with Crippen LogP contribution in [0.15, 0.2) is 24.3 Å². The van der Waals surface area contributed by atoms with Gasteiger partial charge in [0.25, 0.3) is 5.91 Å². The summed E-state index contributed by atoms with van der Waals surface area (Å²) in [5, 5.41) is 14.2. The minimum atomic E-state index is -0.458. The summed E-state index contributed by atoms with van der Waals surface area (Å²) in [7, 11) is 0. The van der Waals surface area contributed by atoms with Gasteiger partial charge in [-0.3, -0.25) is 4.79 Å². The molecule has 1 amide bonds. The van der Waals surface area contributed by atoms with E-state index in [4.69, 9.17) is 0 Å². The van der Waals surface area contributed by atoms with Gasteiger partial charge in [0, 0.05) is 24.2 Å². The largest absolute Gasteiger partial charge is 0.389 e. The van der Waals surface area contributed by atoms with Crippen LogP contribution in [0.2, 0.25) is 0 Å². The Labute approximate surface area is 171 Å². The first-order valence-corrected chi connectivity index (χ1v) is 10.1. The van der Waals surface area contributed by atoms with Crippen molar-refractivity contribution >= 4 is 22.6 Å². The van der Waals surface area contributed by atoms with Crippen molar-refractivity contribution in [1.29, 1.82) is 0 Å². The summed E-state index contributed by atoms with van der Waals surface area (Å²) in [6.45, 7) is 11.1. The number of fused-ring (bicyclic) bond motifs is 1. The number of hydrogen-bond acceptors (Lipinski definition) is 4. The molecule has 1 aliphatic rings. The zero-order valence-corrected chi connectivity index (χ0v) is 17.6. The maximum Gasteiger partial charge on any atom is 0.272 e. The van der Waals surface area contributed by atoms with E-state index in [9.17, 15) is 9.90 Å². The summed E-state index contributed by atoms with van der Waals surface area (Å²) in [4.78, 5) is 22.8. The van der Waals surface area contributed by atoms with Crippen LogP contribution in [-0.4, -0.2) is 44.6 Å². The Kier molecular flexibility index (Phi) is 4.82. The molecular weight excluding hydrogens is 364 g/mol. The number of pyridine rings is 1. The average molecular weight is 393 g/mol. The Bertz CT molecular complexity index is 1080. The highest BCUT2D eigenvalue weighted by Crippen LogP contribution is 2.30. The Morgan fingerprint density at radius 3 is 2.59 bits per heavy atom. The topological polar surface area (TPSA) is 81.2 Å². The first-order valence-electron chi connectivity index (χ1n) is 10.1. The molecule has 1 aliphatic heterocycles. The second-order valence-corrected chi connectivity index (χ2v) is 8.14. The van der Waals surface area contributed by atoms with Crippen molar-refractivity contribution < 1.29 is 9.90 Å². The van der Waals surface area contributed by atoms with Gasteiger partial charge in [-0.25, -0.2) is 4.98 Å². The molecule has 3 N–H and O–H groups in total. The Morgan fingerprint density at radius 1 is 1.28 bits per heavy atom. The summed E-state index contributed by atoms with van der Waals surface area (Å²) < 4.78 is 0. The van der Waals surface area contributed by atoms with Crippen LogP contribution in [0, 0.1) is 27.7 Å². The first kappa shape index (κ1) is 19.5. The van der Waals surface area contributed by atoms with Crippen LogP contribution in [0.3, 0.4) is 0 Å². The van der Waals surface area contributed by atoms with E-state index in [1.807, 2.05) is 26.8 Å². The molecule has 29 heavy (non-hydrogen) atoms. The van der Waals surface area contributed by atoms with Crippen LogP contribution in [0.5, 0.6) is 0 Å². The van der Waals surface area contributed by atoms with E-state index in [0.717, 1.165) is 22.2 Å². The van der Waals surface area contributed by atoms with Gasteiger partial charge < -0.3 is 20.3 Å². The summed E-state index contributed by atoms with van der Waals surface area (Å²) in [6.07, 6.45) is -0.458. The molecule has 3 aromatic rings. The standard InChI is InChI=1S/C23H28N4O2/c1-12-7-6-8-13(2)18(12)10-24-22-21-17(14(3)15(4)25-21)9-19(26-22)23(29)27-11-20(28)16(27)5/h6-9,16,20,25,28H,10-11H2,1-5H3,(H,24,26)/t16-,20+/m0/s1. The van der Waals surface area contributed by atoms with E-state index in [2.05, 4.69) is 47.3 Å². The molecule has 0 radical (unpaired) electrons. The molecule has 1 saturated heterocycles. The summed E-state index contributed by atoms with van der Waals surface area (Å²) in [6, 6.07) is 7.95. The molecule has 0 bridgehead atoms. The molecule has 2 aromatic heterocycles. The second kappa shape index (κ2) is 7.19. The number of β-amino-alcohol motifs (C(OH)–C–C–N with tert-alkyl or cyclic N) is 1. The number of carbonyl (C=O) groups is 1. The number of hydrogen-bond donors (Lipinski definition) is 3. The Morgan fingerprint density at radius 2 is 1.97 bits per heavy atom. The number of carbonyl (C=O) groups excluding carboxylic acids is 1. The van der Waals surface area contributed by atoms with Gasteiger partial charge in [0.15, 0.2) is 5.82 Å². The monoisotopic (exact) mass is 392 g/mol. The van der Waals surface area contributed by atoms with Crippen LogP contribution < -0.4 is 5.32 Å². The predicted octanol–water partition coefficient (Wildman–Crippen LogP) is 3.61. The van der Waals surface area contributed by atoms with E-state index < -0.39 is 6.10 Å². The molecule has 4 rings (SSSR count). The molecule has 0 unspecified atom stereocenters. The van der Waals surface area contributed by atoms with E-state index in [1.54, 1.807) is 4.90 Å². The molecule has 0 aliphatic carbocycles. The van der Waals surface area contributed by atoms with E-state index in [-0.39, 0.29) is 11.9 Å². The van der Waals surface area contributed by atoms with Gasteiger partial charge in [-0.15, -0.1) is 0 Å². The van der Waals surface area contributed by atoms with Crippen molar-refractivity contribution in [3.05, 3.63) is 57.9 Å². The van der Waals surface area contributed by atoms with Crippen LogP contribution in [0.1, 0.15) is 45.4 Å². The van der Waals surface area contributed by atoms with Gasteiger partial charge in [0.1, 0.15) is 5.69 Å². The minimum absolute atomic E-state index is 0.141. The van der Waals surface area contributed by atoms with Gasteiger partial charge in [0.05, 0.1) is 17.7 Å². The highest BCUT2D eigenvalue weighted by atomic mass is 16.3. The number of H-pyrrole nitrogens is 1. The van der Waals surface area contributed by atoms with Crippen molar-refractivity contribution in [2.45, 2.75) is 53.3 Å². The van der Waals surface area contributed by atoms with Gasteiger partial charge in [0.2, 0.25) is 0 Å². The molecule has 1 fully saturated rings. The van der Waals surface area contributed by atoms with E-state index in [0.29, 0.717) is 24.6 Å². The lowest BCUT2D eigenvalue weighted by Crippen LogP contribution is -2.60. The zero-order valence-electron chi connectivity index (χ0n) is 17.6. The Hall–Kier alpha value is -2.86. The third kappa shape index (κ3) is 3.27. The number of aryl methyl sites for hydroxylation is 4. The van der Waals surface area contributed by atoms with Gasteiger partial charge in [-0.2, -0.15) is 0 Å². The lowest BCUT2D eigenvalue weighted by Gasteiger charge is -2.43. The fourth-order valence-corrected chi connectivity index (χ4v) is 3.99. The molecule has 6 nitrogen and oxygen atoms in total. The second-order valence-electron chi connectivity index (χ2n) is 8.14. The predicted molar refractivity (Wildman–Crippen MR) is 115 cm³/mol. The maximum absolute atomic E-state index is 13.0. The number of aliphatic hydroxyl groups excluding tert-OH is 1. The quantitative estimate of drug-likeness (QED) is 0.633. The van der Waals surface area contributed by atoms with Crippen molar-refractivity contribution in [3.8, 4) is 0 Å². The molecular formula is C23H28N4O2. The average Bonchev–Trinajstić information content (AvgIpc) is 2.99. The zero-order chi connectivity index (χ0) is 20.9. The highest BCUT2D eigenvalue weighted by molar-refractivity contribution is 6.01. The number of benzene rings is 1. The van der Waals surface area contributed by atoms with Gasteiger partial charge in [-0.05, 0) is 62.9 Å². The van der Waals surface area contributed by atoms with E-state index >= 15 is 0 Å². The van der Waals surface area contributed by atoms with Crippen molar-refractivity contribution in [3.63, 3.8) is 0 Å². The van der Waals surface area contributed by atoms with Gasteiger partial charge in [-0.1, -0.05) is 18.2 Å². The number of likely N-dealkylation sites (tertiary alicyclic amines) is 1. The molecule has 2 atom stereocenters. The van der Waals surface area contributed by atoms with Crippen LogP contribution in [0.4, 0.5) is 5.82 Å². The number of rotatable bonds is 4. The number of amides is 1. The summed E-state index contributed by atoms with van der Waals surface area (Å²) in [5.74, 6) is 0.538. The maximum atomic E-state index is 13.0.